The summed E-state index contributed by atoms with van der Waals surface area (Å²) in [5.74, 6) is -0.368. The van der Waals surface area contributed by atoms with Crippen molar-refractivity contribution in [3.63, 3.8) is 0 Å². The summed E-state index contributed by atoms with van der Waals surface area (Å²) in [6.07, 6.45) is 0.567. The van der Waals surface area contributed by atoms with Crippen molar-refractivity contribution in [2.24, 2.45) is 5.92 Å². The number of nitrogens with two attached hydrogens (primary N) is 1. The van der Waals surface area contributed by atoms with E-state index < -0.39 is 5.97 Å². The van der Waals surface area contributed by atoms with Crippen LogP contribution in [0.5, 0.6) is 0 Å². The average molecular weight is 494 g/mol. The number of hydrogen-bond donors (Lipinski definition) is 2. The number of pyridine rings is 1. The Balaban J connectivity index is 1.69. The van der Waals surface area contributed by atoms with Gasteiger partial charge in [-0.15, -0.1) is 22.7 Å². The summed E-state index contributed by atoms with van der Waals surface area (Å²) in [5, 5.41) is 5.95. The summed E-state index contributed by atoms with van der Waals surface area (Å²) in [6.45, 7) is 7.87. The molecule has 0 spiro atoms. The lowest BCUT2D eigenvalue weighted by atomic mass is 10.0. The van der Waals surface area contributed by atoms with Gasteiger partial charge in [-0.25, -0.2) is 9.78 Å². The molecule has 4 aromatic rings. The minimum atomic E-state index is -0.477. The molecular formula is C26H27N3O3S2. The number of carbonyl (C=O) groups is 2. The monoisotopic (exact) mass is 493 g/mol. The summed E-state index contributed by atoms with van der Waals surface area (Å²) in [4.78, 5) is 32.0. The molecule has 0 aliphatic rings. The fourth-order valence-electron chi connectivity index (χ4n) is 3.65. The fourth-order valence-corrected chi connectivity index (χ4v) is 5.61. The van der Waals surface area contributed by atoms with Crippen molar-refractivity contribution in [2.75, 3.05) is 11.1 Å². The Morgan fingerprint density at radius 3 is 2.50 bits per heavy atom. The molecule has 0 saturated carbocycles. The Kier molecular flexibility index (Phi) is 7.00. The van der Waals surface area contributed by atoms with Crippen LogP contribution in [0.3, 0.4) is 0 Å². The van der Waals surface area contributed by atoms with Gasteiger partial charge >= 0.3 is 5.97 Å². The Labute approximate surface area is 206 Å². The van der Waals surface area contributed by atoms with Gasteiger partial charge in [0.05, 0.1) is 11.8 Å². The zero-order valence-corrected chi connectivity index (χ0v) is 21.2. The SMILES string of the molecule is CC(C)Cc1ccc2c(N)c(C(=O)Nc3scc(-c4ccccc4)c3C(=O)OC(C)C)sc2n1. The third kappa shape index (κ3) is 4.98. The lowest BCUT2D eigenvalue weighted by Gasteiger charge is -2.11. The summed E-state index contributed by atoms with van der Waals surface area (Å²) in [6, 6.07) is 13.4. The van der Waals surface area contributed by atoms with E-state index >= 15 is 0 Å². The number of hydrogen-bond acceptors (Lipinski definition) is 7. The predicted octanol–water partition coefficient (Wildman–Crippen LogP) is 6.62. The van der Waals surface area contributed by atoms with E-state index in [9.17, 15) is 9.59 Å². The number of rotatable bonds is 7. The van der Waals surface area contributed by atoms with Gasteiger partial charge in [0.1, 0.15) is 20.3 Å². The van der Waals surface area contributed by atoms with Crippen molar-refractivity contribution >= 4 is 55.5 Å². The highest BCUT2D eigenvalue weighted by Crippen LogP contribution is 2.38. The van der Waals surface area contributed by atoms with Gasteiger partial charge in [-0.1, -0.05) is 44.2 Å². The first-order chi connectivity index (χ1) is 16.2. The summed E-state index contributed by atoms with van der Waals surface area (Å²) < 4.78 is 5.49. The first kappa shape index (κ1) is 23.9. The second kappa shape index (κ2) is 9.95. The van der Waals surface area contributed by atoms with Gasteiger partial charge in [-0.05, 0) is 43.9 Å². The van der Waals surface area contributed by atoms with Crippen LogP contribution in [0.1, 0.15) is 53.4 Å². The molecule has 6 nitrogen and oxygen atoms in total. The van der Waals surface area contributed by atoms with Gasteiger partial charge in [0.2, 0.25) is 0 Å². The number of ether oxygens (including phenoxy) is 1. The van der Waals surface area contributed by atoms with Crippen molar-refractivity contribution in [1.29, 1.82) is 0 Å². The highest BCUT2D eigenvalue weighted by molar-refractivity contribution is 7.21. The standard InChI is InChI=1S/C26H27N3O3S2/c1-14(2)12-17-10-11-18-21(27)22(34-24(18)28-17)23(30)29-25-20(26(31)32-15(3)4)19(13-33-25)16-8-6-5-7-9-16/h5-11,13-15H,12,27H2,1-4H3,(H,29,30). The second-order valence-electron chi connectivity index (χ2n) is 8.73. The number of nitrogen functional groups attached to an aromatic ring is 1. The molecule has 1 amide bonds. The molecule has 0 unspecified atom stereocenters. The Hall–Kier alpha value is -3.23. The number of benzene rings is 1. The third-order valence-electron chi connectivity index (χ3n) is 5.12. The van der Waals surface area contributed by atoms with Crippen LogP contribution in [0.25, 0.3) is 21.3 Å². The van der Waals surface area contributed by atoms with Gasteiger partial charge < -0.3 is 15.8 Å². The predicted molar refractivity (Wildman–Crippen MR) is 141 cm³/mol. The number of carbonyl (C=O) groups excluding carboxylic acids is 2. The van der Waals surface area contributed by atoms with E-state index in [1.165, 1.54) is 22.7 Å². The van der Waals surface area contributed by atoms with Crippen LogP contribution in [-0.4, -0.2) is 23.0 Å². The van der Waals surface area contributed by atoms with Crippen molar-refractivity contribution in [1.82, 2.24) is 4.98 Å². The van der Waals surface area contributed by atoms with Crippen LogP contribution >= 0.6 is 22.7 Å². The van der Waals surface area contributed by atoms with Gasteiger partial charge in [0, 0.05) is 22.0 Å². The third-order valence-corrected chi connectivity index (χ3v) is 7.13. The van der Waals surface area contributed by atoms with E-state index in [1.54, 1.807) is 13.8 Å². The molecule has 3 N–H and O–H groups in total. The van der Waals surface area contributed by atoms with E-state index in [0.717, 1.165) is 33.5 Å². The molecule has 1 aromatic carbocycles. The van der Waals surface area contributed by atoms with Crippen LogP contribution in [0.15, 0.2) is 47.8 Å². The normalized spacial score (nSPS) is 11.4. The first-order valence-corrected chi connectivity index (χ1v) is 12.8. The van der Waals surface area contributed by atoms with E-state index in [0.29, 0.717) is 27.0 Å². The zero-order chi connectivity index (χ0) is 24.4. The maximum Gasteiger partial charge on any atom is 0.342 e. The van der Waals surface area contributed by atoms with E-state index in [1.807, 2.05) is 47.8 Å². The number of aromatic nitrogens is 1. The van der Waals surface area contributed by atoms with Gasteiger partial charge in [-0.3, -0.25) is 4.79 Å². The van der Waals surface area contributed by atoms with E-state index in [4.69, 9.17) is 15.5 Å². The van der Waals surface area contributed by atoms with Crippen LogP contribution in [-0.2, 0) is 11.2 Å². The number of anilines is 2. The molecular weight excluding hydrogens is 466 g/mol. The maximum atomic E-state index is 13.3. The first-order valence-electron chi connectivity index (χ1n) is 11.1. The van der Waals surface area contributed by atoms with Crippen molar-refractivity contribution < 1.29 is 14.3 Å². The smallest absolute Gasteiger partial charge is 0.342 e. The molecule has 0 aliphatic heterocycles. The summed E-state index contributed by atoms with van der Waals surface area (Å²) in [7, 11) is 0. The number of fused-ring (bicyclic) bond motifs is 1. The molecule has 0 aliphatic carbocycles. The minimum Gasteiger partial charge on any atom is -0.459 e. The molecule has 34 heavy (non-hydrogen) atoms. The highest BCUT2D eigenvalue weighted by atomic mass is 32.1. The largest absolute Gasteiger partial charge is 0.459 e. The lowest BCUT2D eigenvalue weighted by Crippen LogP contribution is -2.16. The fraction of sp³-hybridized carbons (Fsp3) is 0.269. The molecule has 0 atom stereocenters. The van der Waals surface area contributed by atoms with E-state index in [-0.39, 0.29) is 12.0 Å². The van der Waals surface area contributed by atoms with Crippen molar-refractivity contribution in [3.8, 4) is 11.1 Å². The summed E-state index contributed by atoms with van der Waals surface area (Å²) in [5.41, 5.74) is 9.63. The zero-order valence-electron chi connectivity index (χ0n) is 19.5. The number of amides is 1. The van der Waals surface area contributed by atoms with Crippen LogP contribution < -0.4 is 11.1 Å². The molecule has 4 rings (SSSR count). The average Bonchev–Trinajstić information content (AvgIpc) is 3.34. The van der Waals surface area contributed by atoms with Crippen molar-refractivity contribution in [3.05, 3.63) is 64.0 Å². The van der Waals surface area contributed by atoms with Crippen LogP contribution in [0.2, 0.25) is 0 Å². The number of thiophene rings is 2. The molecule has 8 heteroatoms. The van der Waals surface area contributed by atoms with Crippen LogP contribution in [0, 0.1) is 5.92 Å². The number of nitrogens with zero attached hydrogens (tertiary/aromatic N) is 1. The lowest BCUT2D eigenvalue weighted by molar-refractivity contribution is 0.0380. The maximum absolute atomic E-state index is 13.3. The Morgan fingerprint density at radius 1 is 1.09 bits per heavy atom. The minimum absolute atomic E-state index is 0.288. The molecule has 0 radical (unpaired) electrons. The number of nitrogens with one attached hydrogen (secondary N) is 1. The molecule has 0 saturated heterocycles. The van der Waals surface area contributed by atoms with Crippen molar-refractivity contribution in [2.45, 2.75) is 40.2 Å². The highest BCUT2D eigenvalue weighted by Gasteiger charge is 2.25. The molecule has 0 bridgehead atoms. The van der Waals surface area contributed by atoms with Crippen LogP contribution in [0.4, 0.5) is 10.7 Å². The topological polar surface area (TPSA) is 94.3 Å². The number of esters is 1. The molecule has 3 heterocycles. The van der Waals surface area contributed by atoms with E-state index in [2.05, 4.69) is 19.2 Å². The second-order valence-corrected chi connectivity index (χ2v) is 10.6. The van der Waals surface area contributed by atoms with Gasteiger partial charge in [0.15, 0.2) is 0 Å². The molecule has 3 aromatic heterocycles. The van der Waals surface area contributed by atoms with Gasteiger partial charge in [-0.2, -0.15) is 0 Å². The Morgan fingerprint density at radius 2 is 1.82 bits per heavy atom. The molecule has 176 valence electrons. The Bertz CT molecular complexity index is 1340. The molecule has 0 fully saturated rings. The summed E-state index contributed by atoms with van der Waals surface area (Å²) >= 11 is 2.55. The van der Waals surface area contributed by atoms with Gasteiger partial charge in [0.25, 0.3) is 5.91 Å². The quantitative estimate of drug-likeness (QED) is 0.282.